The molecule has 3 aromatic rings. The monoisotopic (exact) mass is 352 g/mol. The lowest BCUT2D eigenvalue weighted by Crippen LogP contribution is -2.18. The van der Waals surface area contributed by atoms with Gasteiger partial charge in [0.1, 0.15) is 29.3 Å². The zero-order chi connectivity index (χ0) is 17.2. The van der Waals surface area contributed by atoms with E-state index in [4.69, 9.17) is 14.6 Å². The van der Waals surface area contributed by atoms with E-state index in [0.29, 0.717) is 13.0 Å². The number of hydrogen-bond acceptors (Lipinski definition) is 7. The molecule has 0 bridgehead atoms. The van der Waals surface area contributed by atoms with Crippen molar-refractivity contribution in [1.29, 1.82) is 0 Å². The lowest BCUT2D eigenvalue weighted by molar-refractivity contribution is 0.210. The van der Waals surface area contributed by atoms with E-state index in [0.717, 1.165) is 44.0 Å². The predicted molar refractivity (Wildman–Crippen MR) is 97.0 cm³/mol. The topological polar surface area (TPSA) is 69.5 Å². The van der Waals surface area contributed by atoms with Crippen molar-refractivity contribution < 1.29 is 9.57 Å². The molecule has 25 heavy (non-hydrogen) atoms. The molecule has 4 rings (SSSR count). The summed E-state index contributed by atoms with van der Waals surface area (Å²) in [6.45, 7) is 2.58. The first-order valence-electron chi connectivity index (χ1n) is 7.88. The molecule has 0 atom stereocenters. The molecule has 7 heteroatoms. The Hall–Kier alpha value is -2.80. The van der Waals surface area contributed by atoms with E-state index in [2.05, 4.69) is 15.1 Å². The van der Waals surface area contributed by atoms with Crippen molar-refractivity contribution in [3.05, 3.63) is 48.0 Å². The summed E-state index contributed by atoms with van der Waals surface area (Å²) in [6, 6.07) is 7.81. The summed E-state index contributed by atoms with van der Waals surface area (Å²) in [5.74, 6) is 0.737. The van der Waals surface area contributed by atoms with Crippen LogP contribution >= 0.6 is 11.3 Å². The highest BCUT2D eigenvalue weighted by Gasteiger charge is 2.21. The second-order valence-electron chi connectivity index (χ2n) is 5.54. The van der Waals surface area contributed by atoms with Gasteiger partial charge in [0, 0.05) is 24.4 Å². The van der Waals surface area contributed by atoms with Crippen LogP contribution < -0.4 is 4.74 Å². The van der Waals surface area contributed by atoms with Crippen molar-refractivity contribution in [2.75, 3.05) is 13.7 Å². The quantitative estimate of drug-likeness (QED) is 0.672. The van der Waals surface area contributed by atoms with E-state index in [9.17, 15) is 0 Å². The van der Waals surface area contributed by atoms with Crippen LogP contribution in [0.4, 0.5) is 0 Å². The average molecular weight is 352 g/mol. The van der Waals surface area contributed by atoms with Gasteiger partial charge in [0.25, 0.3) is 0 Å². The van der Waals surface area contributed by atoms with Crippen molar-refractivity contribution in [1.82, 2.24) is 15.0 Å². The minimum absolute atomic E-state index is 0.584. The molecule has 0 amide bonds. The highest BCUT2D eigenvalue weighted by Crippen LogP contribution is 2.35. The van der Waals surface area contributed by atoms with E-state index in [1.165, 1.54) is 0 Å². The fraction of sp³-hybridized carbons (Fsp3) is 0.222. The standard InChI is InChI=1S/C18H16N4O2S/c1-11-17(25-18(20-11)12-4-3-8-19-10-12)14-5-6-15-16(21-14)13(22-23-2)7-9-24-15/h3-6,8,10H,7,9H2,1-2H3. The van der Waals surface area contributed by atoms with E-state index >= 15 is 0 Å². The number of hydrogen-bond donors (Lipinski definition) is 0. The average Bonchev–Trinajstić information content (AvgIpc) is 3.04. The number of fused-ring (bicyclic) bond motifs is 1. The van der Waals surface area contributed by atoms with E-state index in [1.54, 1.807) is 24.6 Å². The van der Waals surface area contributed by atoms with Gasteiger partial charge in [-0.1, -0.05) is 5.16 Å². The van der Waals surface area contributed by atoms with Crippen LogP contribution in [0.15, 0.2) is 41.8 Å². The molecule has 0 spiro atoms. The Morgan fingerprint density at radius 3 is 2.96 bits per heavy atom. The van der Waals surface area contributed by atoms with Gasteiger partial charge < -0.3 is 9.57 Å². The van der Waals surface area contributed by atoms with Crippen molar-refractivity contribution in [3.63, 3.8) is 0 Å². The Balaban J connectivity index is 1.77. The first-order valence-corrected chi connectivity index (χ1v) is 8.70. The van der Waals surface area contributed by atoms with Crippen molar-refractivity contribution >= 4 is 17.0 Å². The summed E-state index contributed by atoms with van der Waals surface area (Å²) in [7, 11) is 1.54. The molecule has 0 aromatic carbocycles. The Morgan fingerprint density at radius 1 is 1.24 bits per heavy atom. The molecule has 0 saturated heterocycles. The largest absolute Gasteiger partial charge is 0.491 e. The number of thiazole rings is 1. The maximum Gasteiger partial charge on any atom is 0.147 e. The predicted octanol–water partition coefficient (Wildman–Crippen LogP) is 3.71. The molecule has 1 aliphatic heterocycles. The van der Waals surface area contributed by atoms with Gasteiger partial charge in [0.2, 0.25) is 0 Å². The molecule has 3 aromatic heterocycles. The van der Waals surface area contributed by atoms with Crippen molar-refractivity contribution in [3.8, 4) is 26.9 Å². The second-order valence-corrected chi connectivity index (χ2v) is 6.54. The van der Waals surface area contributed by atoms with Crippen LogP contribution in [0.1, 0.15) is 17.8 Å². The number of rotatable bonds is 3. The molecule has 126 valence electrons. The zero-order valence-corrected chi connectivity index (χ0v) is 14.7. The lowest BCUT2D eigenvalue weighted by Gasteiger charge is -2.18. The van der Waals surface area contributed by atoms with Gasteiger partial charge in [0.05, 0.1) is 22.9 Å². The molecule has 1 aliphatic rings. The highest BCUT2D eigenvalue weighted by atomic mass is 32.1. The van der Waals surface area contributed by atoms with Crippen LogP contribution in [0.25, 0.3) is 21.1 Å². The van der Waals surface area contributed by atoms with Crippen LogP contribution in [0.2, 0.25) is 0 Å². The maximum absolute atomic E-state index is 5.68. The van der Waals surface area contributed by atoms with Crippen LogP contribution in [-0.2, 0) is 4.84 Å². The van der Waals surface area contributed by atoms with Gasteiger partial charge in [-0.15, -0.1) is 11.3 Å². The Bertz CT molecular complexity index is 938. The fourth-order valence-electron chi connectivity index (χ4n) is 2.72. The highest BCUT2D eigenvalue weighted by molar-refractivity contribution is 7.18. The summed E-state index contributed by atoms with van der Waals surface area (Å²) in [6.07, 6.45) is 4.26. The third-order valence-electron chi connectivity index (χ3n) is 3.87. The first-order chi connectivity index (χ1) is 12.3. The van der Waals surface area contributed by atoms with Crippen LogP contribution in [0, 0.1) is 6.92 Å². The third kappa shape index (κ3) is 2.98. The summed E-state index contributed by atoms with van der Waals surface area (Å²) < 4.78 is 5.68. The van der Waals surface area contributed by atoms with E-state index in [-0.39, 0.29) is 0 Å². The Morgan fingerprint density at radius 2 is 2.16 bits per heavy atom. The second kappa shape index (κ2) is 6.60. The summed E-state index contributed by atoms with van der Waals surface area (Å²) >= 11 is 1.61. The molecule has 0 unspecified atom stereocenters. The molecule has 0 aliphatic carbocycles. The fourth-order valence-corrected chi connectivity index (χ4v) is 3.74. The summed E-state index contributed by atoms with van der Waals surface area (Å²) in [4.78, 5) is 19.6. The van der Waals surface area contributed by atoms with Gasteiger partial charge in [-0.2, -0.15) is 0 Å². The molecule has 0 N–H and O–H groups in total. The van der Waals surface area contributed by atoms with Crippen LogP contribution in [0.5, 0.6) is 5.75 Å². The summed E-state index contributed by atoms with van der Waals surface area (Å²) in [5.41, 5.74) is 4.35. The van der Waals surface area contributed by atoms with Gasteiger partial charge in [0.15, 0.2) is 0 Å². The van der Waals surface area contributed by atoms with Gasteiger partial charge in [-0.3, -0.25) is 4.98 Å². The maximum atomic E-state index is 5.68. The molecule has 0 radical (unpaired) electrons. The van der Waals surface area contributed by atoms with Gasteiger partial charge in [-0.25, -0.2) is 9.97 Å². The molecule has 4 heterocycles. The molecule has 0 fully saturated rings. The van der Waals surface area contributed by atoms with E-state index < -0.39 is 0 Å². The number of aromatic nitrogens is 3. The first kappa shape index (κ1) is 15.7. The number of ether oxygens (including phenoxy) is 1. The minimum Gasteiger partial charge on any atom is -0.491 e. The van der Waals surface area contributed by atoms with Crippen LogP contribution in [-0.4, -0.2) is 34.4 Å². The minimum atomic E-state index is 0.584. The molecule has 6 nitrogen and oxygen atoms in total. The van der Waals surface area contributed by atoms with Gasteiger partial charge in [-0.05, 0) is 31.2 Å². The number of aryl methyl sites for hydroxylation is 1. The molecule has 0 saturated carbocycles. The molecular formula is C18H16N4O2S. The normalized spacial score (nSPS) is 14.9. The SMILES string of the molecule is CON=C1CCOc2ccc(-c3sc(-c4cccnc4)nc3C)nc21. The summed E-state index contributed by atoms with van der Waals surface area (Å²) in [5, 5.41) is 5.02. The van der Waals surface area contributed by atoms with E-state index in [1.807, 2.05) is 37.4 Å². The van der Waals surface area contributed by atoms with Crippen molar-refractivity contribution in [2.45, 2.75) is 13.3 Å². The molecular weight excluding hydrogens is 336 g/mol. The number of nitrogens with zero attached hydrogens (tertiary/aromatic N) is 4. The van der Waals surface area contributed by atoms with Crippen molar-refractivity contribution in [2.24, 2.45) is 5.16 Å². The number of pyridine rings is 2. The lowest BCUT2D eigenvalue weighted by atomic mass is 10.1. The Kier molecular flexibility index (Phi) is 4.15. The smallest absolute Gasteiger partial charge is 0.147 e. The van der Waals surface area contributed by atoms with Gasteiger partial charge >= 0.3 is 0 Å². The zero-order valence-electron chi connectivity index (χ0n) is 13.9. The number of oxime groups is 1. The van der Waals surface area contributed by atoms with Crippen LogP contribution in [0.3, 0.4) is 0 Å². The third-order valence-corrected chi connectivity index (χ3v) is 5.10. The Labute approximate surface area is 149 Å².